The van der Waals surface area contributed by atoms with Gasteiger partial charge < -0.3 is 20.9 Å². The number of aliphatic hydroxyl groups is 1. The number of aryl methyl sites for hydroxylation is 1. The van der Waals surface area contributed by atoms with E-state index in [0.29, 0.717) is 18.9 Å². The zero-order valence-electron chi connectivity index (χ0n) is 20.3. The number of fused-ring (bicyclic) bond motifs is 1. The fraction of sp³-hybridized carbons (Fsp3) is 0.185. The second-order valence-electron chi connectivity index (χ2n) is 8.82. The molecule has 0 aliphatic carbocycles. The fourth-order valence-corrected chi connectivity index (χ4v) is 4.07. The summed E-state index contributed by atoms with van der Waals surface area (Å²) in [6.45, 7) is 3.09. The number of nitrogens with one attached hydrogen (secondary N) is 1. The van der Waals surface area contributed by atoms with Crippen molar-refractivity contribution < 1.29 is 14.6 Å². The molecule has 0 atom stereocenters. The molecule has 0 saturated carbocycles. The van der Waals surface area contributed by atoms with E-state index in [2.05, 4.69) is 20.5 Å². The van der Waals surface area contributed by atoms with Crippen molar-refractivity contribution >= 4 is 22.7 Å². The van der Waals surface area contributed by atoms with Crippen LogP contribution in [0.2, 0.25) is 0 Å². The number of aliphatic hydroxyl groups excluding tert-OH is 1. The van der Waals surface area contributed by atoms with Crippen molar-refractivity contribution in [1.29, 1.82) is 0 Å². The number of hydrogen-bond acceptors (Lipinski definition) is 7. The Kier molecular flexibility index (Phi) is 6.82. The van der Waals surface area contributed by atoms with E-state index >= 15 is 0 Å². The van der Waals surface area contributed by atoms with Gasteiger partial charge in [-0.3, -0.25) is 9.36 Å². The number of nitrogens with two attached hydrogens (primary N) is 1. The number of pyridine rings is 1. The van der Waals surface area contributed by atoms with E-state index in [1.54, 1.807) is 17.1 Å². The molecule has 10 heteroatoms. The van der Waals surface area contributed by atoms with Gasteiger partial charge in [-0.05, 0) is 46.7 Å². The van der Waals surface area contributed by atoms with Crippen LogP contribution in [0.15, 0.2) is 73.3 Å². The summed E-state index contributed by atoms with van der Waals surface area (Å²) >= 11 is 0. The molecule has 1 amide bonds. The zero-order valence-corrected chi connectivity index (χ0v) is 20.3. The van der Waals surface area contributed by atoms with E-state index in [-0.39, 0.29) is 24.6 Å². The minimum Gasteiger partial charge on any atom is -0.407 e. The molecule has 3 aromatic heterocycles. The quantitative estimate of drug-likeness (QED) is 0.299. The highest BCUT2D eigenvalue weighted by molar-refractivity contribution is 5.91. The third-order valence-electron chi connectivity index (χ3n) is 5.92. The number of benzene rings is 2. The molecule has 2 aromatic carbocycles. The van der Waals surface area contributed by atoms with Gasteiger partial charge in [0, 0.05) is 24.3 Å². The number of ether oxygens (including phenoxy) is 1. The van der Waals surface area contributed by atoms with Gasteiger partial charge in [0.1, 0.15) is 11.5 Å². The van der Waals surface area contributed by atoms with Crippen LogP contribution in [0.1, 0.15) is 27.9 Å². The first-order valence-electron chi connectivity index (χ1n) is 11.8. The Morgan fingerprint density at radius 3 is 2.46 bits per heavy atom. The second-order valence-corrected chi connectivity index (χ2v) is 8.82. The lowest BCUT2D eigenvalue weighted by Crippen LogP contribution is -2.26. The number of hydrogen-bond donors (Lipinski definition) is 3. The highest BCUT2D eigenvalue weighted by Gasteiger charge is 2.14. The van der Waals surface area contributed by atoms with Crippen LogP contribution in [0.4, 0.5) is 10.6 Å². The maximum atomic E-state index is 12.4. The topological polar surface area (TPSA) is 133 Å². The number of aromatic nitrogens is 5. The number of amides is 1. The Morgan fingerprint density at radius 1 is 1.03 bits per heavy atom. The van der Waals surface area contributed by atoms with E-state index in [1.807, 2.05) is 72.5 Å². The van der Waals surface area contributed by atoms with Crippen LogP contribution in [-0.2, 0) is 26.2 Å². The molecule has 0 radical (unpaired) electrons. The molecule has 188 valence electrons. The van der Waals surface area contributed by atoms with E-state index < -0.39 is 6.09 Å². The lowest BCUT2D eigenvalue weighted by Gasteiger charge is -2.08. The first-order chi connectivity index (χ1) is 18.0. The lowest BCUT2D eigenvalue weighted by molar-refractivity contribution is 0.197. The molecule has 4 N–H and O–H groups in total. The van der Waals surface area contributed by atoms with Crippen molar-refractivity contribution in [2.24, 2.45) is 0 Å². The van der Waals surface area contributed by atoms with Crippen LogP contribution in [0.25, 0.3) is 10.8 Å². The summed E-state index contributed by atoms with van der Waals surface area (Å²) in [6.07, 6.45) is 6.46. The number of nitrogen functional groups attached to an aromatic ring is 1. The lowest BCUT2D eigenvalue weighted by atomic mass is 10.1. The van der Waals surface area contributed by atoms with Crippen LogP contribution in [-0.4, -0.2) is 35.7 Å². The summed E-state index contributed by atoms with van der Waals surface area (Å²) < 4.78 is 8.97. The highest BCUT2D eigenvalue weighted by Crippen LogP contribution is 2.21. The summed E-state index contributed by atoms with van der Waals surface area (Å²) in [5, 5.41) is 22.9. The van der Waals surface area contributed by atoms with Crippen LogP contribution in [0, 0.1) is 6.92 Å². The third kappa shape index (κ3) is 5.76. The molecule has 0 spiro atoms. The number of carbonyl (C=O) groups is 1. The fourth-order valence-electron chi connectivity index (χ4n) is 4.07. The summed E-state index contributed by atoms with van der Waals surface area (Å²) in [7, 11) is 0. The Morgan fingerprint density at radius 2 is 1.76 bits per heavy atom. The van der Waals surface area contributed by atoms with E-state index in [1.165, 1.54) is 0 Å². The molecule has 0 unspecified atom stereocenters. The summed E-state index contributed by atoms with van der Waals surface area (Å²) in [5.74, 6) is 0.674. The molecule has 0 saturated heterocycles. The van der Waals surface area contributed by atoms with Crippen LogP contribution >= 0.6 is 0 Å². The Hall–Kier alpha value is -4.70. The number of carbonyl (C=O) groups excluding carboxylic acids is 1. The average Bonchev–Trinajstić information content (AvgIpc) is 3.48. The van der Waals surface area contributed by atoms with Crippen LogP contribution < -0.4 is 15.8 Å². The van der Waals surface area contributed by atoms with Gasteiger partial charge >= 0.3 is 6.09 Å². The SMILES string of the molecule is Cc1cnn(Cc2ccc(Cn3cc(OC(=O)NCc4ccc5c(N)nccc5c4)c(CO)n3)cc2)c1. The van der Waals surface area contributed by atoms with Crippen molar-refractivity contribution in [2.45, 2.75) is 33.2 Å². The maximum absolute atomic E-state index is 12.4. The van der Waals surface area contributed by atoms with Crippen molar-refractivity contribution in [3.05, 3.63) is 101 Å². The predicted octanol–water partition coefficient (Wildman–Crippen LogP) is 3.40. The Bertz CT molecular complexity index is 1540. The number of anilines is 1. The minimum absolute atomic E-state index is 0.211. The molecule has 0 aliphatic rings. The van der Waals surface area contributed by atoms with Gasteiger partial charge in [0.05, 0.1) is 32.1 Å². The molecule has 0 bridgehead atoms. The Balaban J connectivity index is 1.19. The molecule has 5 rings (SSSR count). The maximum Gasteiger partial charge on any atom is 0.412 e. The normalized spacial score (nSPS) is 11.1. The van der Waals surface area contributed by atoms with Crippen molar-refractivity contribution in [3.63, 3.8) is 0 Å². The molecule has 5 aromatic rings. The molecular formula is C27H27N7O3. The molecule has 0 fully saturated rings. The number of nitrogens with zero attached hydrogens (tertiary/aromatic N) is 5. The van der Waals surface area contributed by atoms with Gasteiger partial charge in [0.15, 0.2) is 5.75 Å². The van der Waals surface area contributed by atoms with Crippen molar-refractivity contribution in [3.8, 4) is 5.75 Å². The van der Waals surface area contributed by atoms with Gasteiger partial charge in [-0.1, -0.05) is 36.4 Å². The van der Waals surface area contributed by atoms with Crippen LogP contribution in [0.5, 0.6) is 5.75 Å². The summed E-state index contributed by atoms with van der Waals surface area (Å²) in [5.41, 5.74) is 10.4. The summed E-state index contributed by atoms with van der Waals surface area (Å²) in [4.78, 5) is 16.5. The van der Waals surface area contributed by atoms with Gasteiger partial charge in [0.2, 0.25) is 0 Å². The predicted molar refractivity (Wildman–Crippen MR) is 139 cm³/mol. The molecule has 37 heavy (non-hydrogen) atoms. The van der Waals surface area contributed by atoms with E-state index in [0.717, 1.165) is 33.0 Å². The van der Waals surface area contributed by atoms with E-state index in [9.17, 15) is 9.90 Å². The molecular weight excluding hydrogens is 470 g/mol. The second kappa shape index (κ2) is 10.5. The smallest absolute Gasteiger partial charge is 0.407 e. The van der Waals surface area contributed by atoms with Gasteiger partial charge in [-0.25, -0.2) is 9.78 Å². The van der Waals surface area contributed by atoms with Crippen LogP contribution in [0.3, 0.4) is 0 Å². The largest absolute Gasteiger partial charge is 0.412 e. The first-order valence-corrected chi connectivity index (χ1v) is 11.8. The summed E-state index contributed by atoms with van der Waals surface area (Å²) in [6, 6.07) is 15.7. The highest BCUT2D eigenvalue weighted by atomic mass is 16.6. The van der Waals surface area contributed by atoms with E-state index in [4.69, 9.17) is 10.5 Å². The standard InChI is InChI=1S/C27H27N7O3/c1-18-11-31-33(13-18)14-19-2-4-20(5-3-19)15-34-16-25(24(17-35)32-34)37-27(36)30-12-21-6-7-23-22(10-21)8-9-29-26(23)28/h2-11,13,16,35H,12,14-15,17H2,1H3,(H2,28,29)(H,30,36). The number of rotatable bonds is 8. The third-order valence-corrected chi connectivity index (χ3v) is 5.92. The molecule has 10 nitrogen and oxygen atoms in total. The Labute approximate surface area is 213 Å². The molecule has 0 aliphatic heterocycles. The zero-order chi connectivity index (χ0) is 25.8. The average molecular weight is 498 g/mol. The molecule has 3 heterocycles. The monoisotopic (exact) mass is 497 g/mol. The van der Waals surface area contributed by atoms with Crippen molar-refractivity contribution in [2.75, 3.05) is 5.73 Å². The van der Waals surface area contributed by atoms with Gasteiger partial charge in [0.25, 0.3) is 0 Å². The minimum atomic E-state index is -0.637. The van der Waals surface area contributed by atoms with Gasteiger partial charge in [-0.15, -0.1) is 0 Å². The first kappa shape index (κ1) is 24.0. The van der Waals surface area contributed by atoms with Gasteiger partial charge in [-0.2, -0.15) is 10.2 Å². The van der Waals surface area contributed by atoms with Crippen molar-refractivity contribution in [1.82, 2.24) is 29.9 Å².